The van der Waals surface area contributed by atoms with Crippen LogP contribution in [0.25, 0.3) is 0 Å². The van der Waals surface area contributed by atoms with Crippen molar-refractivity contribution in [2.75, 3.05) is 13.6 Å². The van der Waals surface area contributed by atoms with Crippen molar-refractivity contribution in [2.24, 2.45) is 5.73 Å². The molecule has 19 heavy (non-hydrogen) atoms. The van der Waals surface area contributed by atoms with E-state index in [1.54, 1.807) is 0 Å². The predicted molar refractivity (Wildman–Crippen MR) is 64.4 cm³/mol. The molecule has 0 aromatic heterocycles. The third-order valence-electron chi connectivity index (χ3n) is 2.50. The molecule has 0 saturated heterocycles. The highest BCUT2D eigenvalue weighted by Crippen LogP contribution is 2.20. The van der Waals surface area contributed by atoms with Gasteiger partial charge in [-0.15, -0.1) is 0 Å². The monoisotopic (exact) mass is 277 g/mol. The Kier molecular flexibility index (Phi) is 4.88. The fourth-order valence-electron chi connectivity index (χ4n) is 1.61. The molecule has 1 rings (SSSR count). The molecular weight excluding hydrogens is 262 g/mol. The largest absolute Gasteiger partial charge is 0.390 e. The van der Waals surface area contributed by atoms with Gasteiger partial charge in [-0.2, -0.15) is 13.2 Å². The lowest BCUT2D eigenvalue weighted by Gasteiger charge is -2.18. The van der Waals surface area contributed by atoms with E-state index in [2.05, 4.69) is 0 Å². The maximum Gasteiger partial charge on any atom is 0.390 e. The quantitative estimate of drug-likeness (QED) is 0.493. The summed E-state index contributed by atoms with van der Waals surface area (Å²) in [5.41, 5.74) is 5.96. The molecule has 3 nitrogen and oxygen atoms in total. The molecule has 0 aliphatic rings. The molecule has 0 radical (unpaired) electrons. The van der Waals surface area contributed by atoms with Crippen LogP contribution in [0.4, 0.5) is 17.6 Å². The van der Waals surface area contributed by atoms with Crippen molar-refractivity contribution in [3.05, 3.63) is 35.1 Å². The van der Waals surface area contributed by atoms with Crippen molar-refractivity contribution in [2.45, 2.75) is 19.1 Å². The average molecular weight is 277 g/mol. The fourth-order valence-corrected chi connectivity index (χ4v) is 1.61. The summed E-state index contributed by atoms with van der Waals surface area (Å²) in [7, 11) is 1.52. The molecule has 106 valence electrons. The number of amidine groups is 1. The number of hydrogen-bond donors (Lipinski definition) is 2. The molecule has 7 heteroatoms. The number of nitrogen functional groups attached to an aromatic ring is 1. The van der Waals surface area contributed by atoms with Gasteiger partial charge >= 0.3 is 6.18 Å². The van der Waals surface area contributed by atoms with Crippen LogP contribution < -0.4 is 5.73 Å². The summed E-state index contributed by atoms with van der Waals surface area (Å²) in [4.78, 5) is 1.44. The summed E-state index contributed by atoms with van der Waals surface area (Å²) in [5.74, 6) is -0.842. The van der Waals surface area contributed by atoms with Crippen LogP contribution in [-0.4, -0.2) is 30.5 Å². The van der Waals surface area contributed by atoms with Gasteiger partial charge in [0.05, 0.1) is 6.42 Å². The lowest BCUT2D eigenvalue weighted by Crippen LogP contribution is -2.24. The smallest absolute Gasteiger partial charge is 0.384 e. The Labute approximate surface area is 108 Å². The lowest BCUT2D eigenvalue weighted by atomic mass is 10.1. The molecule has 1 aromatic rings. The van der Waals surface area contributed by atoms with Crippen molar-refractivity contribution in [3.8, 4) is 0 Å². The van der Waals surface area contributed by atoms with Crippen LogP contribution in [0.1, 0.15) is 17.5 Å². The highest BCUT2D eigenvalue weighted by Gasteiger charge is 2.27. The fraction of sp³-hybridized carbons (Fsp3) is 0.417. The summed E-state index contributed by atoms with van der Waals surface area (Å²) in [6, 6.07) is 3.83. The normalized spacial score (nSPS) is 11.9. The Balaban J connectivity index is 2.68. The lowest BCUT2D eigenvalue weighted by molar-refractivity contribution is -0.137. The van der Waals surface area contributed by atoms with Gasteiger partial charge in [-0.1, -0.05) is 0 Å². The Bertz CT molecular complexity index is 457. The second-order valence-electron chi connectivity index (χ2n) is 4.36. The van der Waals surface area contributed by atoms with Crippen molar-refractivity contribution in [1.82, 2.24) is 4.90 Å². The topological polar surface area (TPSA) is 53.1 Å². The third-order valence-corrected chi connectivity index (χ3v) is 2.50. The number of hydrogen-bond acceptors (Lipinski definition) is 2. The van der Waals surface area contributed by atoms with Gasteiger partial charge in [0, 0.05) is 18.7 Å². The first-order chi connectivity index (χ1) is 8.67. The molecule has 0 amide bonds. The molecule has 0 bridgehead atoms. The third kappa shape index (κ3) is 5.69. The Morgan fingerprint density at radius 2 is 1.95 bits per heavy atom. The molecule has 0 atom stereocenters. The molecule has 0 unspecified atom stereocenters. The van der Waals surface area contributed by atoms with Crippen LogP contribution >= 0.6 is 0 Å². The number of halogens is 4. The maximum atomic E-state index is 13.3. The van der Waals surface area contributed by atoms with E-state index in [1.807, 2.05) is 0 Å². The average Bonchev–Trinajstić information content (AvgIpc) is 2.24. The van der Waals surface area contributed by atoms with E-state index in [9.17, 15) is 17.6 Å². The van der Waals surface area contributed by atoms with Crippen molar-refractivity contribution < 1.29 is 17.6 Å². The zero-order valence-electron chi connectivity index (χ0n) is 10.4. The number of nitrogens with one attached hydrogen (secondary N) is 1. The first-order valence-electron chi connectivity index (χ1n) is 5.56. The Morgan fingerprint density at radius 3 is 2.47 bits per heavy atom. The SMILES string of the molecule is CN(CCC(F)(F)F)Cc1cc(F)cc(C(=N)N)c1. The standard InChI is InChI=1S/C12H15F4N3/c1-19(3-2-12(14,15)16)7-8-4-9(11(17)18)6-10(13)5-8/h4-6H,2-3,7H2,1H3,(H3,17,18). The second-order valence-corrected chi connectivity index (χ2v) is 4.36. The van der Waals surface area contributed by atoms with Gasteiger partial charge < -0.3 is 10.6 Å². The van der Waals surface area contributed by atoms with Crippen molar-refractivity contribution in [3.63, 3.8) is 0 Å². The van der Waals surface area contributed by atoms with Gasteiger partial charge in [-0.3, -0.25) is 5.41 Å². The first kappa shape index (κ1) is 15.4. The molecule has 0 aliphatic carbocycles. The van der Waals surface area contributed by atoms with Gasteiger partial charge in [0.1, 0.15) is 11.7 Å². The predicted octanol–water partition coefficient (Wildman–Crippen LogP) is 2.49. The molecule has 0 heterocycles. The molecular formula is C12H15F4N3. The van der Waals surface area contributed by atoms with E-state index >= 15 is 0 Å². The zero-order chi connectivity index (χ0) is 14.6. The minimum absolute atomic E-state index is 0.161. The Hall–Kier alpha value is -1.63. The number of nitrogens with zero attached hydrogens (tertiary/aromatic N) is 1. The van der Waals surface area contributed by atoms with Crippen molar-refractivity contribution in [1.29, 1.82) is 5.41 Å². The summed E-state index contributed by atoms with van der Waals surface area (Å²) < 4.78 is 49.4. The van der Waals surface area contributed by atoms with Gasteiger partial charge in [-0.05, 0) is 30.8 Å². The van der Waals surface area contributed by atoms with E-state index in [0.29, 0.717) is 5.56 Å². The van der Waals surface area contributed by atoms with Crippen LogP contribution in [0.2, 0.25) is 0 Å². The summed E-state index contributed by atoms with van der Waals surface area (Å²) in [5, 5.41) is 7.22. The number of alkyl halides is 3. The zero-order valence-corrected chi connectivity index (χ0v) is 10.4. The minimum atomic E-state index is -4.21. The molecule has 1 aromatic carbocycles. The van der Waals surface area contributed by atoms with Crippen LogP contribution in [0.15, 0.2) is 18.2 Å². The van der Waals surface area contributed by atoms with Gasteiger partial charge in [0.25, 0.3) is 0 Å². The first-order valence-corrected chi connectivity index (χ1v) is 5.56. The number of nitrogens with two attached hydrogens (primary N) is 1. The summed E-state index contributed by atoms with van der Waals surface area (Å²) >= 11 is 0. The minimum Gasteiger partial charge on any atom is -0.384 e. The van der Waals surface area contributed by atoms with E-state index < -0.39 is 18.4 Å². The van der Waals surface area contributed by atoms with Crippen molar-refractivity contribution >= 4 is 5.84 Å². The van der Waals surface area contributed by atoms with E-state index in [4.69, 9.17) is 11.1 Å². The van der Waals surface area contributed by atoms with E-state index in [1.165, 1.54) is 24.1 Å². The number of rotatable bonds is 5. The van der Waals surface area contributed by atoms with Crippen LogP contribution in [0, 0.1) is 11.2 Å². The van der Waals surface area contributed by atoms with E-state index in [0.717, 1.165) is 6.07 Å². The van der Waals surface area contributed by atoms with Crippen LogP contribution in [0.3, 0.4) is 0 Å². The Morgan fingerprint density at radius 1 is 1.32 bits per heavy atom. The van der Waals surface area contributed by atoms with Crippen LogP contribution in [0.5, 0.6) is 0 Å². The van der Waals surface area contributed by atoms with Gasteiger partial charge in [0.2, 0.25) is 0 Å². The maximum absolute atomic E-state index is 13.3. The molecule has 0 spiro atoms. The number of benzene rings is 1. The summed E-state index contributed by atoms with van der Waals surface area (Å²) in [6.07, 6.45) is -5.13. The van der Waals surface area contributed by atoms with Gasteiger partial charge in [0.15, 0.2) is 0 Å². The molecule has 0 fully saturated rings. The molecule has 0 aliphatic heterocycles. The second kappa shape index (κ2) is 6.01. The molecule has 3 N–H and O–H groups in total. The molecule has 0 saturated carbocycles. The van der Waals surface area contributed by atoms with Gasteiger partial charge in [-0.25, -0.2) is 4.39 Å². The highest BCUT2D eigenvalue weighted by molar-refractivity contribution is 5.95. The highest BCUT2D eigenvalue weighted by atomic mass is 19.4. The van der Waals surface area contributed by atoms with E-state index in [-0.39, 0.29) is 24.5 Å². The summed E-state index contributed by atoms with van der Waals surface area (Å²) in [6.45, 7) is -0.0104. The van der Waals surface area contributed by atoms with Crippen LogP contribution in [-0.2, 0) is 6.54 Å².